The van der Waals surface area contributed by atoms with Crippen molar-refractivity contribution in [3.63, 3.8) is 0 Å². The van der Waals surface area contributed by atoms with Crippen LogP contribution in [-0.2, 0) is 16.1 Å². The number of amides is 1. The Kier molecular flexibility index (Phi) is 3.58. The Balaban J connectivity index is 2.15. The third-order valence-corrected chi connectivity index (χ3v) is 3.61. The molecule has 0 bridgehead atoms. The zero-order valence-electron chi connectivity index (χ0n) is 11.9. The lowest BCUT2D eigenvalue weighted by molar-refractivity contribution is -0.105. The first-order valence-electron chi connectivity index (χ1n) is 6.84. The zero-order valence-corrected chi connectivity index (χ0v) is 11.9. The van der Waals surface area contributed by atoms with Gasteiger partial charge in [0, 0.05) is 6.54 Å². The Labute approximate surface area is 125 Å². The van der Waals surface area contributed by atoms with E-state index < -0.39 is 5.97 Å². The summed E-state index contributed by atoms with van der Waals surface area (Å²) in [6.07, 6.45) is 2.61. The second-order valence-electron chi connectivity index (χ2n) is 5.19. The van der Waals surface area contributed by atoms with E-state index in [0.717, 1.165) is 12.8 Å². The molecule has 0 saturated heterocycles. The molecule has 1 aliphatic rings. The van der Waals surface area contributed by atoms with Crippen LogP contribution in [0.3, 0.4) is 0 Å². The minimum absolute atomic E-state index is 0.121. The summed E-state index contributed by atoms with van der Waals surface area (Å²) in [7, 11) is 1.23. The number of carbonyl (C=O) groups is 2. The van der Waals surface area contributed by atoms with Gasteiger partial charge in [-0.05, 0) is 30.9 Å². The molecule has 114 valence electrons. The van der Waals surface area contributed by atoms with Crippen molar-refractivity contribution < 1.29 is 14.3 Å². The first kappa shape index (κ1) is 14.2. The monoisotopic (exact) mass is 302 g/mol. The topological polar surface area (TPSA) is 103 Å². The van der Waals surface area contributed by atoms with E-state index in [1.165, 1.54) is 23.9 Å². The van der Waals surface area contributed by atoms with Crippen LogP contribution in [0.4, 0.5) is 5.69 Å². The van der Waals surface area contributed by atoms with Crippen LogP contribution in [0.2, 0.25) is 0 Å². The average molecular weight is 302 g/mol. The van der Waals surface area contributed by atoms with Gasteiger partial charge in [-0.3, -0.25) is 9.59 Å². The minimum atomic E-state index is -0.629. The van der Waals surface area contributed by atoms with E-state index >= 15 is 0 Å². The molecule has 1 aromatic carbocycles. The predicted octanol–water partition coefficient (Wildman–Crippen LogP) is 0.556. The Morgan fingerprint density at radius 1 is 1.50 bits per heavy atom. The standard InChI is InChI=1S/C14H14N4O4/c1-22-14(21)10-5-12-9(4-11(10)15-7-19)13(20)18(17-16-12)6-8-2-3-8/h4-5,7-8H,2-3,6H2,1H3,(H,15,19). The van der Waals surface area contributed by atoms with Crippen molar-refractivity contribution >= 4 is 29.0 Å². The highest BCUT2D eigenvalue weighted by Crippen LogP contribution is 2.30. The summed E-state index contributed by atoms with van der Waals surface area (Å²) in [5.41, 5.74) is 0.323. The lowest BCUT2D eigenvalue weighted by Gasteiger charge is -2.09. The van der Waals surface area contributed by atoms with Crippen molar-refractivity contribution in [1.82, 2.24) is 15.0 Å². The van der Waals surface area contributed by atoms with Crippen LogP contribution in [0, 0.1) is 5.92 Å². The fraction of sp³-hybridized carbons (Fsp3) is 0.357. The SMILES string of the molecule is COC(=O)c1cc2nnn(CC3CC3)c(=O)c2cc1NC=O. The van der Waals surface area contributed by atoms with Crippen LogP contribution >= 0.6 is 0 Å². The van der Waals surface area contributed by atoms with Gasteiger partial charge in [-0.1, -0.05) is 5.21 Å². The van der Waals surface area contributed by atoms with E-state index in [0.29, 0.717) is 24.3 Å². The molecule has 1 aliphatic carbocycles. The number of rotatable bonds is 5. The predicted molar refractivity (Wildman–Crippen MR) is 77.5 cm³/mol. The number of hydrogen-bond acceptors (Lipinski definition) is 6. The molecule has 1 fully saturated rings. The quantitative estimate of drug-likeness (QED) is 0.639. The van der Waals surface area contributed by atoms with Gasteiger partial charge in [0.2, 0.25) is 6.41 Å². The van der Waals surface area contributed by atoms with Gasteiger partial charge < -0.3 is 10.1 Å². The number of fused-ring (bicyclic) bond motifs is 1. The molecule has 0 unspecified atom stereocenters. The number of anilines is 1. The van der Waals surface area contributed by atoms with E-state index in [9.17, 15) is 14.4 Å². The molecular formula is C14H14N4O4. The van der Waals surface area contributed by atoms with Crippen LogP contribution in [0.15, 0.2) is 16.9 Å². The summed E-state index contributed by atoms with van der Waals surface area (Å²) in [6.45, 7) is 0.539. The lowest BCUT2D eigenvalue weighted by Crippen LogP contribution is -2.25. The van der Waals surface area contributed by atoms with E-state index in [2.05, 4.69) is 20.4 Å². The van der Waals surface area contributed by atoms with E-state index in [1.807, 2.05) is 0 Å². The average Bonchev–Trinajstić information content (AvgIpc) is 3.34. The van der Waals surface area contributed by atoms with Crippen molar-refractivity contribution in [2.75, 3.05) is 12.4 Å². The number of nitrogens with one attached hydrogen (secondary N) is 1. The molecule has 3 rings (SSSR count). The van der Waals surface area contributed by atoms with Gasteiger partial charge in [-0.2, -0.15) is 0 Å². The van der Waals surface area contributed by atoms with Gasteiger partial charge in [-0.15, -0.1) is 5.10 Å². The molecule has 1 heterocycles. The maximum Gasteiger partial charge on any atom is 0.340 e. The smallest absolute Gasteiger partial charge is 0.340 e. The number of methoxy groups -OCH3 is 1. The summed E-state index contributed by atoms with van der Waals surface area (Å²) in [5.74, 6) is -0.151. The third-order valence-electron chi connectivity index (χ3n) is 3.61. The first-order chi connectivity index (χ1) is 10.6. The summed E-state index contributed by atoms with van der Waals surface area (Å²) in [4.78, 5) is 34.9. The van der Waals surface area contributed by atoms with Crippen molar-refractivity contribution in [2.45, 2.75) is 19.4 Å². The second-order valence-corrected chi connectivity index (χ2v) is 5.19. The van der Waals surface area contributed by atoms with Crippen LogP contribution in [0.1, 0.15) is 23.2 Å². The van der Waals surface area contributed by atoms with Crippen LogP contribution in [0.5, 0.6) is 0 Å². The molecule has 0 radical (unpaired) electrons. The molecule has 0 atom stereocenters. The van der Waals surface area contributed by atoms with Crippen molar-refractivity contribution in [2.24, 2.45) is 5.92 Å². The molecule has 1 N–H and O–H groups in total. The number of aromatic nitrogens is 3. The number of ether oxygens (including phenoxy) is 1. The first-order valence-corrected chi connectivity index (χ1v) is 6.84. The van der Waals surface area contributed by atoms with Crippen LogP contribution in [-0.4, -0.2) is 34.5 Å². The van der Waals surface area contributed by atoms with Gasteiger partial charge in [-0.25, -0.2) is 9.48 Å². The molecule has 1 aromatic heterocycles. The maximum atomic E-state index is 12.4. The van der Waals surface area contributed by atoms with Crippen LogP contribution in [0.25, 0.3) is 10.9 Å². The Bertz CT molecular complexity index is 810. The second kappa shape index (κ2) is 5.55. The fourth-order valence-corrected chi connectivity index (χ4v) is 2.25. The highest BCUT2D eigenvalue weighted by Gasteiger charge is 2.24. The maximum absolute atomic E-state index is 12.4. The Morgan fingerprint density at radius 2 is 2.27 bits per heavy atom. The highest BCUT2D eigenvalue weighted by molar-refractivity contribution is 6.02. The van der Waals surface area contributed by atoms with Crippen LogP contribution < -0.4 is 10.9 Å². The van der Waals surface area contributed by atoms with E-state index in [1.54, 1.807) is 0 Å². The third kappa shape index (κ3) is 2.54. The molecule has 2 aromatic rings. The minimum Gasteiger partial charge on any atom is -0.465 e. The molecule has 8 nitrogen and oxygen atoms in total. The van der Waals surface area contributed by atoms with Crippen molar-refractivity contribution in [3.05, 3.63) is 28.0 Å². The molecular weight excluding hydrogens is 288 g/mol. The van der Waals surface area contributed by atoms with Gasteiger partial charge >= 0.3 is 5.97 Å². The number of esters is 1. The normalized spacial score (nSPS) is 13.9. The van der Waals surface area contributed by atoms with E-state index in [-0.39, 0.29) is 22.3 Å². The number of benzene rings is 1. The van der Waals surface area contributed by atoms with Gasteiger partial charge in [0.1, 0.15) is 5.52 Å². The van der Waals surface area contributed by atoms with Gasteiger partial charge in [0.05, 0.1) is 23.7 Å². The molecule has 8 heteroatoms. The molecule has 0 spiro atoms. The van der Waals surface area contributed by atoms with Crippen molar-refractivity contribution in [3.8, 4) is 0 Å². The molecule has 0 aliphatic heterocycles. The highest BCUT2D eigenvalue weighted by atomic mass is 16.5. The largest absolute Gasteiger partial charge is 0.465 e. The zero-order chi connectivity index (χ0) is 15.7. The lowest BCUT2D eigenvalue weighted by atomic mass is 10.1. The molecule has 22 heavy (non-hydrogen) atoms. The summed E-state index contributed by atoms with van der Waals surface area (Å²) < 4.78 is 5.98. The number of hydrogen-bond donors (Lipinski definition) is 1. The van der Waals surface area contributed by atoms with Gasteiger partial charge in [0.25, 0.3) is 5.56 Å². The number of nitrogens with zero attached hydrogens (tertiary/aromatic N) is 3. The van der Waals surface area contributed by atoms with Crippen molar-refractivity contribution in [1.29, 1.82) is 0 Å². The molecule has 1 saturated carbocycles. The summed E-state index contributed by atoms with van der Waals surface area (Å²) in [6, 6.07) is 2.82. The summed E-state index contributed by atoms with van der Waals surface area (Å²) >= 11 is 0. The van der Waals surface area contributed by atoms with Gasteiger partial charge in [0.15, 0.2) is 0 Å². The number of carbonyl (C=O) groups excluding carboxylic acids is 2. The molecule has 1 amide bonds. The van der Waals surface area contributed by atoms with E-state index in [4.69, 9.17) is 0 Å². The summed E-state index contributed by atoms with van der Waals surface area (Å²) in [5, 5.41) is 10.6. The fourth-order valence-electron chi connectivity index (χ4n) is 2.25. The Morgan fingerprint density at radius 3 is 2.91 bits per heavy atom. The Hall–Kier alpha value is -2.77.